The Labute approximate surface area is 89.3 Å². The van der Waals surface area contributed by atoms with Crippen LogP contribution in [0.3, 0.4) is 0 Å². The maximum atomic E-state index is 12.8. The molecule has 80 valence electrons. The monoisotopic (exact) mass is 219 g/mol. The molecule has 0 fully saturated rings. The second-order valence-corrected chi connectivity index (χ2v) is 3.10. The quantitative estimate of drug-likeness (QED) is 0.821. The molecule has 0 spiro atoms. The number of phenolic OH excluding ortho intramolecular Hbond substituents is 1. The summed E-state index contributed by atoms with van der Waals surface area (Å²) in [5, 5.41) is 9.39. The van der Waals surface area contributed by atoms with Crippen LogP contribution in [0.25, 0.3) is 0 Å². The molecule has 0 aromatic heterocycles. The van der Waals surface area contributed by atoms with E-state index in [0.29, 0.717) is 5.56 Å². The highest BCUT2D eigenvalue weighted by Crippen LogP contribution is 2.25. The molecule has 0 bridgehead atoms. The third-order valence-electron chi connectivity index (χ3n) is 1.99. The minimum atomic E-state index is -0.362. The van der Waals surface area contributed by atoms with E-state index >= 15 is 0 Å². The van der Waals surface area contributed by atoms with Gasteiger partial charge >= 0.3 is 0 Å². The summed E-state index contributed by atoms with van der Waals surface area (Å²) < 4.78 is 12.8. The molecule has 1 rings (SSSR count). The summed E-state index contributed by atoms with van der Waals surface area (Å²) in [4.78, 5) is 0. The highest BCUT2D eigenvalue weighted by Gasteiger charge is 2.10. The molecule has 4 heteroatoms. The van der Waals surface area contributed by atoms with E-state index in [1.807, 2.05) is 6.92 Å². The molecule has 0 aliphatic heterocycles. The molecule has 14 heavy (non-hydrogen) atoms. The van der Waals surface area contributed by atoms with Gasteiger partial charge in [-0.05, 0) is 24.6 Å². The fourth-order valence-corrected chi connectivity index (χ4v) is 1.29. The van der Waals surface area contributed by atoms with Crippen molar-refractivity contribution in [2.75, 3.05) is 0 Å². The Kier molecular flexibility index (Phi) is 5.50. The van der Waals surface area contributed by atoms with Gasteiger partial charge in [-0.1, -0.05) is 13.3 Å². The van der Waals surface area contributed by atoms with E-state index in [1.165, 1.54) is 18.2 Å². The van der Waals surface area contributed by atoms with Gasteiger partial charge in [0.2, 0.25) is 0 Å². The van der Waals surface area contributed by atoms with Crippen molar-refractivity contribution in [3.8, 4) is 5.75 Å². The van der Waals surface area contributed by atoms with E-state index in [0.717, 1.165) is 12.8 Å². The van der Waals surface area contributed by atoms with Gasteiger partial charge in [0.15, 0.2) is 0 Å². The van der Waals surface area contributed by atoms with Crippen LogP contribution >= 0.6 is 12.4 Å². The second-order valence-electron chi connectivity index (χ2n) is 3.10. The Morgan fingerprint density at radius 3 is 2.71 bits per heavy atom. The molecule has 0 saturated heterocycles. The number of hydrogen-bond donors (Lipinski definition) is 2. The average molecular weight is 220 g/mol. The predicted molar refractivity (Wildman–Crippen MR) is 57.1 cm³/mol. The van der Waals surface area contributed by atoms with Crippen molar-refractivity contribution in [2.45, 2.75) is 25.8 Å². The smallest absolute Gasteiger partial charge is 0.123 e. The van der Waals surface area contributed by atoms with Crippen molar-refractivity contribution in [3.63, 3.8) is 0 Å². The van der Waals surface area contributed by atoms with E-state index in [4.69, 9.17) is 5.73 Å². The molecular weight excluding hydrogens is 205 g/mol. The molecule has 0 aliphatic rings. The summed E-state index contributed by atoms with van der Waals surface area (Å²) in [6.07, 6.45) is 1.66. The minimum Gasteiger partial charge on any atom is -0.508 e. The Bertz CT molecular complexity index is 293. The first-order valence-corrected chi connectivity index (χ1v) is 4.39. The molecule has 0 saturated carbocycles. The predicted octanol–water partition coefficient (Wildman–Crippen LogP) is 2.75. The summed E-state index contributed by atoms with van der Waals surface area (Å²) in [7, 11) is 0. The van der Waals surface area contributed by atoms with Crippen LogP contribution in [-0.2, 0) is 0 Å². The molecule has 0 amide bonds. The third-order valence-corrected chi connectivity index (χ3v) is 1.99. The van der Waals surface area contributed by atoms with E-state index in [9.17, 15) is 9.50 Å². The highest BCUT2D eigenvalue weighted by atomic mass is 35.5. The van der Waals surface area contributed by atoms with E-state index < -0.39 is 0 Å². The largest absolute Gasteiger partial charge is 0.508 e. The molecule has 0 radical (unpaired) electrons. The van der Waals surface area contributed by atoms with Gasteiger partial charge in [-0.15, -0.1) is 12.4 Å². The summed E-state index contributed by atoms with van der Waals surface area (Å²) in [6.45, 7) is 2.00. The lowest BCUT2D eigenvalue weighted by Gasteiger charge is -2.12. The van der Waals surface area contributed by atoms with E-state index in [1.54, 1.807) is 0 Å². The summed E-state index contributed by atoms with van der Waals surface area (Å²) in [5.41, 5.74) is 6.24. The number of aromatic hydroxyl groups is 1. The summed E-state index contributed by atoms with van der Waals surface area (Å²) >= 11 is 0. The van der Waals surface area contributed by atoms with Crippen molar-refractivity contribution in [2.24, 2.45) is 5.73 Å². The van der Waals surface area contributed by atoms with Gasteiger partial charge in [-0.25, -0.2) is 4.39 Å². The van der Waals surface area contributed by atoms with Crippen LogP contribution in [0.15, 0.2) is 18.2 Å². The van der Waals surface area contributed by atoms with Crippen LogP contribution in [0.4, 0.5) is 4.39 Å². The van der Waals surface area contributed by atoms with Gasteiger partial charge in [0, 0.05) is 11.6 Å². The maximum absolute atomic E-state index is 12.8. The maximum Gasteiger partial charge on any atom is 0.123 e. The standard InChI is InChI=1S/C10H14FNO.ClH/c1-2-3-9(12)8-6-7(11)4-5-10(8)13;/h4-6,9,13H,2-3,12H2,1H3;1H. The lowest BCUT2D eigenvalue weighted by Crippen LogP contribution is -2.10. The van der Waals surface area contributed by atoms with Crippen molar-refractivity contribution >= 4 is 12.4 Å². The Morgan fingerprint density at radius 1 is 1.50 bits per heavy atom. The van der Waals surface area contributed by atoms with Gasteiger partial charge in [0.25, 0.3) is 0 Å². The second kappa shape index (κ2) is 5.83. The fourth-order valence-electron chi connectivity index (χ4n) is 1.29. The third kappa shape index (κ3) is 3.16. The van der Waals surface area contributed by atoms with Gasteiger partial charge in [0.05, 0.1) is 0 Å². The molecule has 2 nitrogen and oxygen atoms in total. The van der Waals surface area contributed by atoms with Crippen LogP contribution in [0.2, 0.25) is 0 Å². The zero-order valence-corrected chi connectivity index (χ0v) is 8.85. The van der Waals surface area contributed by atoms with Crippen LogP contribution in [-0.4, -0.2) is 5.11 Å². The summed E-state index contributed by atoms with van der Waals surface area (Å²) in [5.74, 6) is -0.290. The van der Waals surface area contributed by atoms with Crippen molar-refractivity contribution in [1.29, 1.82) is 0 Å². The van der Waals surface area contributed by atoms with Gasteiger partial charge in [-0.3, -0.25) is 0 Å². The van der Waals surface area contributed by atoms with Gasteiger partial charge in [-0.2, -0.15) is 0 Å². The number of phenols is 1. The number of hydrogen-bond acceptors (Lipinski definition) is 2. The zero-order chi connectivity index (χ0) is 9.84. The van der Waals surface area contributed by atoms with E-state index in [-0.39, 0.29) is 30.0 Å². The van der Waals surface area contributed by atoms with Crippen molar-refractivity contribution < 1.29 is 9.50 Å². The molecule has 3 N–H and O–H groups in total. The molecule has 1 atom stereocenters. The first-order valence-electron chi connectivity index (χ1n) is 4.39. The Morgan fingerprint density at radius 2 is 2.14 bits per heavy atom. The number of nitrogens with two attached hydrogens (primary N) is 1. The molecule has 1 aromatic carbocycles. The number of benzene rings is 1. The minimum absolute atomic E-state index is 0. The van der Waals surface area contributed by atoms with Crippen molar-refractivity contribution in [3.05, 3.63) is 29.6 Å². The zero-order valence-electron chi connectivity index (χ0n) is 8.03. The van der Waals surface area contributed by atoms with Crippen LogP contribution in [0.1, 0.15) is 31.4 Å². The molecular formula is C10H15ClFNO. The van der Waals surface area contributed by atoms with Gasteiger partial charge in [0.1, 0.15) is 11.6 Å². The lowest BCUT2D eigenvalue weighted by molar-refractivity contribution is 0.455. The topological polar surface area (TPSA) is 46.2 Å². The van der Waals surface area contributed by atoms with Crippen LogP contribution in [0.5, 0.6) is 5.75 Å². The van der Waals surface area contributed by atoms with Gasteiger partial charge < -0.3 is 10.8 Å². The van der Waals surface area contributed by atoms with Crippen LogP contribution in [0, 0.1) is 5.82 Å². The molecule has 1 unspecified atom stereocenters. The number of halogens is 2. The lowest BCUT2D eigenvalue weighted by atomic mass is 10.0. The first kappa shape index (κ1) is 13.2. The highest BCUT2D eigenvalue weighted by molar-refractivity contribution is 5.85. The normalized spacial score (nSPS) is 11.9. The average Bonchev–Trinajstić information content (AvgIpc) is 2.09. The molecule has 0 heterocycles. The number of rotatable bonds is 3. The molecule has 0 aliphatic carbocycles. The van der Waals surface area contributed by atoms with Crippen molar-refractivity contribution in [1.82, 2.24) is 0 Å². The fraction of sp³-hybridized carbons (Fsp3) is 0.400. The Hall–Kier alpha value is -0.800. The summed E-state index contributed by atoms with van der Waals surface area (Å²) in [6, 6.07) is 3.56. The van der Waals surface area contributed by atoms with E-state index in [2.05, 4.69) is 0 Å². The Balaban J connectivity index is 0.00000169. The molecule has 1 aromatic rings. The first-order chi connectivity index (χ1) is 6.15. The van der Waals surface area contributed by atoms with Crippen LogP contribution < -0.4 is 5.73 Å². The SMILES string of the molecule is CCCC(N)c1cc(F)ccc1O.Cl.